The molecular weight excluding hydrogens is 412 g/mol. The summed E-state index contributed by atoms with van der Waals surface area (Å²) >= 11 is 0. The Balaban J connectivity index is 1.70. The number of aromatic hydroxyl groups is 1. The van der Waals surface area contributed by atoms with Gasteiger partial charge in [-0.2, -0.15) is 0 Å². The second-order valence-electron chi connectivity index (χ2n) is 7.94. The minimum absolute atomic E-state index is 0.0888. The van der Waals surface area contributed by atoms with Crippen LogP contribution in [0.5, 0.6) is 11.5 Å². The summed E-state index contributed by atoms with van der Waals surface area (Å²) in [6, 6.07) is 19.5. The van der Waals surface area contributed by atoms with E-state index in [2.05, 4.69) is 16.0 Å². The molecule has 3 aromatic heterocycles. The van der Waals surface area contributed by atoms with Gasteiger partial charge in [-0.05, 0) is 84.5 Å². The van der Waals surface area contributed by atoms with E-state index in [9.17, 15) is 5.11 Å². The van der Waals surface area contributed by atoms with Crippen LogP contribution >= 0.6 is 0 Å². The molecule has 0 atom stereocenters. The monoisotopic (exact) mass is 432 g/mol. The summed E-state index contributed by atoms with van der Waals surface area (Å²) in [5.41, 5.74) is 8.96. The maximum Gasteiger partial charge on any atom is 0.161 e. The van der Waals surface area contributed by atoms with Crippen molar-refractivity contribution in [2.75, 3.05) is 7.11 Å². The summed E-state index contributed by atoms with van der Waals surface area (Å²) in [7, 11) is 1.54. The molecule has 0 aliphatic carbocycles. The molecule has 2 aliphatic rings. The predicted octanol–water partition coefficient (Wildman–Crippen LogP) is 6.04. The molecule has 0 fully saturated rings. The summed E-state index contributed by atoms with van der Waals surface area (Å²) in [5, 5.41) is 10.1. The van der Waals surface area contributed by atoms with E-state index in [-0.39, 0.29) is 5.75 Å². The van der Waals surface area contributed by atoms with Gasteiger partial charge in [0.2, 0.25) is 0 Å². The lowest BCUT2D eigenvalue weighted by atomic mass is 10.0. The van der Waals surface area contributed by atoms with Gasteiger partial charge in [-0.3, -0.25) is 0 Å². The Hall–Kier alpha value is -4.58. The highest BCUT2D eigenvalue weighted by atomic mass is 16.5. The Morgan fingerprint density at radius 2 is 1.21 bits per heavy atom. The zero-order valence-electron chi connectivity index (χ0n) is 17.8. The maximum atomic E-state index is 10.1. The first-order valence-corrected chi connectivity index (χ1v) is 10.6. The van der Waals surface area contributed by atoms with Crippen LogP contribution in [0, 0.1) is 0 Å². The number of aromatic nitrogens is 4. The van der Waals surface area contributed by atoms with Crippen molar-refractivity contribution in [1.29, 1.82) is 0 Å². The van der Waals surface area contributed by atoms with Crippen molar-refractivity contribution >= 4 is 46.4 Å². The van der Waals surface area contributed by atoms with Crippen LogP contribution in [0.15, 0.2) is 60.7 Å². The van der Waals surface area contributed by atoms with Gasteiger partial charge in [-0.25, -0.2) is 9.97 Å². The molecule has 0 amide bonds. The minimum Gasteiger partial charge on any atom is -0.504 e. The van der Waals surface area contributed by atoms with Gasteiger partial charge >= 0.3 is 0 Å². The number of hydrogen-bond acceptors (Lipinski definition) is 4. The number of nitrogens with one attached hydrogen (secondary N) is 2. The first kappa shape index (κ1) is 19.1. The Morgan fingerprint density at radius 3 is 1.76 bits per heavy atom. The first-order valence-electron chi connectivity index (χ1n) is 10.6. The Bertz CT molecular complexity index is 1530. The Morgan fingerprint density at radius 1 is 0.667 bits per heavy atom. The molecule has 0 saturated heterocycles. The van der Waals surface area contributed by atoms with Crippen molar-refractivity contribution in [3.8, 4) is 22.6 Å². The van der Waals surface area contributed by atoms with Gasteiger partial charge in [0.1, 0.15) is 0 Å². The van der Waals surface area contributed by atoms with Gasteiger partial charge in [-0.1, -0.05) is 6.07 Å². The van der Waals surface area contributed by atoms with Crippen molar-refractivity contribution in [3.63, 3.8) is 0 Å². The highest BCUT2D eigenvalue weighted by Gasteiger charge is 2.15. The van der Waals surface area contributed by atoms with E-state index in [4.69, 9.17) is 14.7 Å². The number of phenols is 1. The number of ether oxygens (including phenoxy) is 1. The molecule has 5 heterocycles. The van der Waals surface area contributed by atoms with Crippen LogP contribution in [0.25, 0.3) is 57.5 Å². The van der Waals surface area contributed by atoms with Gasteiger partial charge in [0.25, 0.3) is 0 Å². The van der Waals surface area contributed by atoms with E-state index in [0.717, 1.165) is 56.0 Å². The standard InChI is InChI=1S/C27H20N4O2/c1-33-26-12-16(2-11-25(26)32)27-23-9-7-21(30-23)14-19-5-3-17(28-19)13-18-4-6-20(29-18)15-22-8-10-24(27)31-22/h2-15,28-29,32H,1H3. The predicted molar refractivity (Wildman–Crippen MR) is 133 cm³/mol. The average molecular weight is 432 g/mol. The normalized spacial score (nSPS) is 12.3. The lowest BCUT2D eigenvalue weighted by Crippen LogP contribution is -1.91. The summed E-state index contributed by atoms with van der Waals surface area (Å²) in [5.74, 6) is 0.490. The smallest absolute Gasteiger partial charge is 0.161 e. The highest BCUT2D eigenvalue weighted by molar-refractivity contribution is 5.89. The quantitative estimate of drug-likeness (QED) is 0.311. The van der Waals surface area contributed by atoms with Crippen LogP contribution in [-0.4, -0.2) is 32.2 Å². The molecule has 0 saturated carbocycles. The van der Waals surface area contributed by atoms with Gasteiger partial charge in [0.05, 0.1) is 29.9 Å². The van der Waals surface area contributed by atoms with Crippen LogP contribution in [0.1, 0.15) is 22.8 Å². The maximum absolute atomic E-state index is 10.1. The lowest BCUT2D eigenvalue weighted by Gasteiger charge is -2.08. The SMILES string of the molecule is COc1cc(-c2c3nc(cc4ccc(cc5ccc(cc6nc2C=C6)[nH]5)[nH]4)C=C3)ccc1O. The molecule has 6 rings (SSSR count). The van der Waals surface area contributed by atoms with Crippen LogP contribution in [-0.2, 0) is 0 Å². The lowest BCUT2D eigenvalue weighted by molar-refractivity contribution is 0.373. The van der Waals surface area contributed by atoms with E-state index < -0.39 is 0 Å². The number of H-pyrrole nitrogens is 2. The zero-order valence-corrected chi connectivity index (χ0v) is 17.8. The van der Waals surface area contributed by atoms with Crippen molar-refractivity contribution < 1.29 is 9.84 Å². The molecule has 6 nitrogen and oxygen atoms in total. The second kappa shape index (κ2) is 7.53. The molecular formula is C27H20N4O2. The van der Waals surface area contributed by atoms with E-state index in [1.165, 1.54) is 7.11 Å². The molecule has 0 spiro atoms. The van der Waals surface area contributed by atoms with Crippen LogP contribution in [0.3, 0.4) is 0 Å². The number of benzene rings is 1. The van der Waals surface area contributed by atoms with Crippen molar-refractivity contribution in [2.24, 2.45) is 0 Å². The Kier molecular flexibility index (Phi) is 4.36. The molecule has 2 aliphatic heterocycles. The third kappa shape index (κ3) is 3.57. The van der Waals surface area contributed by atoms with Crippen molar-refractivity contribution in [1.82, 2.24) is 19.9 Å². The van der Waals surface area contributed by atoms with Gasteiger partial charge in [0.15, 0.2) is 11.5 Å². The number of rotatable bonds is 2. The molecule has 4 aromatic rings. The summed E-state index contributed by atoms with van der Waals surface area (Å²) < 4.78 is 5.35. The molecule has 8 bridgehead atoms. The van der Waals surface area contributed by atoms with E-state index in [1.54, 1.807) is 6.07 Å². The fourth-order valence-electron chi connectivity index (χ4n) is 4.14. The molecule has 160 valence electrons. The van der Waals surface area contributed by atoms with Gasteiger partial charge in [-0.15, -0.1) is 0 Å². The van der Waals surface area contributed by atoms with Crippen LogP contribution in [0.4, 0.5) is 0 Å². The van der Waals surface area contributed by atoms with Crippen LogP contribution in [0.2, 0.25) is 0 Å². The summed E-state index contributed by atoms with van der Waals surface area (Å²) in [6.45, 7) is 0. The van der Waals surface area contributed by atoms with Gasteiger partial charge < -0.3 is 19.8 Å². The number of fused-ring (bicyclic) bond motifs is 8. The number of hydrogen-bond donors (Lipinski definition) is 3. The molecule has 1 aromatic carbocycles. The van der Waals surface area contributed by atoms with E-state index >= 15 is 0 Å². The third-order valence-electron chi connectivity index (χ3n) is 5.68. The molecule has 3 N–H and O–H groups in total. The van der Waals surface area contributed by atoms with Crippen molar-refractivity contribution in [2.45, 2.75) is 0 Å². The largest absolute Gasteiger partial charge is 0.504 e. The number of aromatic amines is 2. The van der Waals surface area contributed by atoms with E-state index in [0.29, 0.717) is 5.75 Å². The third-order valence-corrected chi connectivity index (χ3v) is 5.68. The number of nitrogens with zero attached hydrogens (tertiary/aromatic N) is 2. The topological polar surface area (TPSA) is 86.8 Å². The second-order valence-corrected chi connectivity index (χ2v) is 7.94. The first-order chi connectivity index (χ1) is 16.1. The minimum atomic E-state index is 0.0888. The average Bonchev–Trinajstić information content (AvgIpc) is 3.60. The molecule has 6 heteroatoms. The number of methoxy groups -OCH3 is 1. The Labute approximate surface area is 189 Å². The molecule has 0 radical (unpaired) electrons. The fourth-order valence-corrected chi connectivity index (χ4v) is 4.14. The van der Waals surface area contributed by atoms with Crippen molar-refractivity contribution in [3.05, 3.63) is 83.4 Å². The number of phenolic OH excluding ortho intramolecular Hbond substituents is 1. The van der Waals surface area contributed by atoms with Crippen LogP contribution < -0.4 is 4.74 Å². The fraction of sp³-hybridized carbons (Fsp3) is 0.0370. The zero-order chi connectivity index (χ0) is 22.4. The van der Waals surface area contributed by atoms with E-state index in [1.807, 2.05) is 72.8 Å². The molecule has 0 unspecified atom stereocenters. The summed E-state index contributed by atoms with van der Waals surface area (Å²) in [6.07, 6.45) is 7.96. The summed E-state index contributed by atoms with van der Waals surface area (Å²) in [4.78, 5) is 16.6. The van der Waals surface area contributed by atoms with Gasteiger partial charge in [0, 0.05) is 27.6 Å². The highest BCUT2D eigenvalue weighted by Crippen LogP contribution is 2.36. The molecule has 33 heavy (non-hydrogen) atoms.